The number of carbonyl (C=O) groups excluding carboxylic acids is 2. The van der Waals surface area contributed by atoms with Crippen molar-refractivity contribution in [1.82, 2.24) is 10.2 Å². The molecule has 1 aromatic carbocycles. The lowest BCUT2D eigenvalue weighted by molar-refractivity contribution is -0.133. The maximum absolute atomic E-state index is 12.4. The summed E-state index contributed by atoms with van der Waals surface area (Å²) < 4.78 is 0. The van der Waals surface area contributed by atoms with Gasteiger partial charge in [0.05, 0.1) is 0 Å². The molecule has 0 aliphatic carbocycles. The van der Waals surface area contributed by atoms with Crippen molar-refractivity contribution in [2.75, 3.05) is 31.1 Å². The number of likely N-dealkylation sites (tertiary alicyclic amines) is 1. The predicted octanol–water partition coefficient (Wildman–Crippen LogP) is 2.03. The SMILES string of the molecule is CC(=O)N1CCC(C(=O)NCC2CCCN2c2ccccc2)CC1. The van der Waals surface area contributed by atoms with Crippen molar-refractivity contribution in [2.45, 2.75) is 38.6 Å². The summed E-state index contributed by atoms with van der Waals surface area (Å²) in [6.45, 7) is 4.76. The molecule has 5 heteroatoms. The number of anilines is 1. The van der Waals surface area contributed by atoms with Crippen molar-refractivity contribution in [2.24, 2.45) is 5.92 Å². The number of amides is 2. The monoisotopic (exact) mass is 329 g/mol. The van der Waals surface area contributed by atoms with Crippen molar-refractivity contribution in [3.63, 3.8) is 0 Å². The fraction of sp³-hybridized carbons (Fsp3) is 0.579. The first-order valence-corrected chi connectivity index (χ1v) is 9.00. The molecule has 2 aliphatic rings. The normalized spacial score (nSPS) is 21.8. The summed E-state index contributed by atoms with van der Waals surface area (Å²) in [6.07, 6.45) is 3.85. The maximum atomic E-state index is 12.4. The van der Waals surface area contributed by atoms with Crippen LogP contribution in [0.25, 0.3) is 0 Å². The average Bonchev–Trinajstić information content (AvgIpc) is 3.09. The molecule has 2 fully saturated rings. The number of nitrogens with one attached hydrogen (secondary N) is 1. The van der Waals surface area contributed by atoms with Crippen LogP contribution in [0.2, 0.25) is 0 Å². The molecule has 1 aromatic rings. The second-order valence-electron chi connectivity index (χ2n) is 6.85. The first-order chi connectivity index (χ1) is 11.6. The zero-order chi connectivity index (χ0) is 16.9. The quantitative estimate of drug-likeness (QED) is 0.919. The van der Waals surface area contributed by atoms with Gasteiger partial charge in [0.25, 0.3) is 0 Å². The van der Waals surface area contributed by atoms with Crippen LogP contribution in [0.5, 0.6) is 0 Å². The number of hydrogen-bond donors (Lipinski definition) is 1. The third-order valence-corrected chi connectivity index (χ3v) is 5.29. The van der Waals surface area contributed by atoms with Gasteiger partial charge in [-0.25, -0.2) is 0 Å². The molecule has 2 amide bonds. The van der Waals surface area contributed by atoms with Crippen LogP contribution in [-0.4, -0.2) is 48.9 Å². The molecule has 2 aliphatic heterocycles. The topological polar surface area (TPSA) is 52.7 Å². The second kappa shape index (κ2) is 7.69. The van der Waals surface area contributed by atoms with Crippen LogP contribution in [0, 0.1) is 5.92 Å². The van der Waals surface area contributed by atoms with E-state index in [-0.39, 0.29) is 17.7 Å². The van der Waals surface area contributed by atoms with Crippen molar-refractivity contribution in [1.29, 1.82) is 0 Å². The molecule has 5 nitrogen and oxygen atoms in total. The highest BCUT2D eigenvalue weighted by Crippen LogP contribution is 2.25. The Labute approximate surface area is 144 Å². The fourth-order valence-electron chi connectivity index (χ4n) is 3.83. The highest BCUT2D eigenvalue weighted by molar-refractivity contribution is 5.79. The van der Waals surface area contributed by atoms with E-state index < -0.39 is 0 Å². The van der Waals surface area contributed by atoms with E-state index in [0.717, 1.165) is 25.8 Å². The molecule has 0 aromatic heterocycles. The summed E-state index contributed by atoms with van der Waals surface area (Å²) in [5.74, 6) is 0.309. The maximum Gasteiger partial charge on any atom is 0.223 e. The molecule has 0 saturated carbocycles. The largest absolute Gasteiger partial charge is 0.367 e. The molecule has 1 unspecified atom stereocenters. The van der Waals surface area contributed by atoms with E-state index in [2.05, 4.69) is 34.5 Å². The van der Waals surface area contributed by atoms with E-state index in [0.29, 0.717) is 25.7 Å². The number of piperidine rings is 1. The van der Waals surface area contributed by atoms with Gasteiger partial charge in [-0.05, 0) is 37.8 Å². The molecule has 2 heterocycles. The van der Waals surface area contributed by atoms with Crippen LogP contribution in [-0.2, 0) is 9.59 Å². The average molecular weight is 329 g/mol. The summed E-state index contributed by atoms with van der Waals surface area (Å²) in [5, 5.41) is 3.15. The first kappa shape index (κ1) is 16.8. The van der Waals surface area contributed by atoms with Gasteiger partial charge in [-0.2, -0.15) is 0 Å². The molecule has 1 N–H and O–H groups in total. The summed E-state index contributed by atoms with van der Waals surface area (Å²) in [7, 11) is 0. The minimum absolute atomic E-state index is 0.0483. The van der Waals surface area contributed by atoms with Crippen LogP contribution in [0.4, 0.5) is 5.69 Å². The van der Waals surface area contributed by atoms with Gasteiger partial charge in [0.2, 0.25) is 11.8 Å². The fourth-order valence-corrected chi connectivity index (χ4v) is 3.83. The summed E-state index contributed by atoms with van der Waals surface area (Å²) in [5.41, 5.74) is 1.24. The molecule has 0 spiro atoms. The van der Waals surface area contributed by atoms with E-state index >= 15 is 0 Å². The third-order valence-electron chi connectivity index (χ3n) is 5.29. The molecule has 2 saturated heterocycles. The minimum atomic E-state index is 0.0483. The zero-order valence-electron chi connectivity index (χ0n) is 14.4. The van der Waals surface area contributed by atoms with Gasteiger partial charge < -0.3 is 15.1 Å². The Kier molecular flexibility index (Phi) is 5.38. The van der Waals surface area contributed by atoms with Crippen LogP contribution >= 0.6 is 0 Å². The van der Waals surface area contributed by atoms with Gasteiger partial charge in [0.15, 0.2) is 0 Å². The second-order valence-corrected chi connectivity index (χ2v) is 6.85. The van der Waals surface area contributed by atoms with Gasteiger partial charge in [0, 0.05) is 50.7 Å². The van der Waals surface area contributed by atoms with Crippen molar-refractivity contribution < 1.29 is 9.59 Å². The highest BCUT2D eigenvalue weighted by atomic mass is 16.2. The Morgan fingerprint density at radius 1 is 1.08 bits per heavy atom. The molecule has 3 rings (SSSR count). The van der Waals surface area contributed by atoms with Crippen LogP contribution in [0.1, 0.15) is 32.6 Å². The van der Waals surface area contributed by atoms with Gasteiger partial charge in [-0.1, -0.05) is 18.2 Å². The van der Waals surface area contributed by atoms with Crippen LogP contribution in [0.3, 0.4) is 0 Å². The smallest absolute Gasteiger partial charge is 0.223 e. The van der Waals surface area contributed by atoms with Crippen LogP contribution in [0.15, 0.2) is 30.3 Å². The molecular formula is C19H27N3O2. The number of para-hydroxylation sites is 1. The summed E-state index contributed by atoms with van der Waals surface area (Å²) in [4.78, 5) is 28.0. The van der Waals surface area contributed by atoms with Crippen molar-refractivity contribution >= 4 is 17.5 Å². The lowest BCUT2D eigenvalue weighted by atomic mass is 9.96. The summed E-state index contributed by atoms with van der Waals surface area (Å²) >= 11 is 0. The first-order valence-electron chi connectivity index (χ1n) is 9.00. The zero-order valence-corrected chi connectivity index (χ0v) is 14.4. The number of benzene rings is 1. The number of hydrogen-bond acceptors (Lipinski definition) is 3. The van der Waals surface area contributed by atoms with E-state index in [1.54, 1.807) is 6.92 Å². The predicted molar refractivity (Wildman–Crippen MR) is 94.8 cm³/mol. The third kappa shape index (κ3) is 3.89. The summed E-state index contributed by atoms with van der Waals surface area (Å²) in [6, 6.07) is 10.8. The number of rotatable bonds is 4. The minimum Gasteiger partial charge on any atom is -0.367 e. The standard InChI is InChI=1S/C19H27N3O2/c1-15(23)21-12-9-16(10-13-21)19(24)20-14-18-8-5-11-22(18)17-6-3-2-4-7-17/h2-4,6-7,16,18H,5,8-14H2,1H3,(H,20,24). The van der Waals surface area contributed by atoms with Gasteiger partial charge in [-0.15, -0.1) is 0 Å². The van der Waals surface area contributed by atoms with E-state index in [1.807, 2.05) is 11.0 Å². The van der Waals surface area contributed by atoms with Gasteiger partial charge in [-0.3, -0.25) is 9.59 Å². The molecule has 1 atom stereocenters. The highest BCUT2D eigenvalue weighted by Gasteiger charge is 2.28. The van der Waals surface area contributed by atoms with E-state index in [4.69, 9.17) is 0 Å². The Morgan fingerprint density at radius 3 is 2.46 bits per heavy atom. The lowest BCUT2D eigenvalue weighted by Gasteiger charge is -2.31. The van der Waals surface area contributed by atoms with E-state index in [9.17, 15) is 9.59 Å². The van der Waals surface area contributed by atoms with Gasteiger partial charge in [0.1, 0.15) is 0 Å². The van der Waals surface area contributed by atoms with Crippen molar-refractivity contribution in [3.8, 4) is 0 Å². The van der Waals surface area contributed by atoms with Gasteiger partial charge >= 0.3 is 0 Å². The number of nitrogens with zero attached hydrogens (tertiary/aromatic N) is 2. The Hall–Kier alpha value is -2.04. The van der Waals surface area contributed by atoms with Crippen molar-refractivity contribution in [3.05, 3.63) is 30.3 Å². The molecular weight excluding hydrogens is 302 g/mol. The number of carbonyl (C=O) groups is 2. The molecule has 0 bridgehead atoms. The Balaban J connectivity index is 1.48. The Morgan fingerprint density at radius 2 is 1.79 bits per heavy atom. The molecule has 130 valence electrons. The van der Waals surface area contributed by atoms with E-state index in [1.165, 1.54) is 12.1 Å². The Bertz CT molecular complexity index is 567. The van der Waals surface area contributed by atoms with Crippen LogP contribution < -0.4 is 10.2 Å². The molecule has 0 radical (unpaired) electrons. The molecule has 24 heavy (non-hydrogen) atoms. The lowest BCUT2D eigenvalue weighted by Crippen LogP contribution is -2.45.